The van der Waals surface area contributed by atoms with Gasteiger partial charge in [-0.2, -0.15) is 10.2 Å². The van der Waals surface area contributed by atoms with Crippen molar-refractivity contribution >= 4 is 11.6 Å². The van der Waals surface area contributed by atoms with Gasteiger partial charge < -0.3 is 11.1 Å². The second-order valence-electron chi connectivity index (χ2n) is 4.57. The maximum absolute atomic E-state index is 12.0. The molecule has 0 aromatic carbocycles. The zero-order valence-electron chi connectivity index (χ0n) is 9.80. The summed E-state index contributed by atoms with van der Waals surface area (Å²) in [6.07, 6.45) is 7.12. The molecule has 1 aliphatic carbocycles. The lowest BCUT2D eigenvalue weighted by molar-refractivity contribution is -0.121. The summed E-state index contributed by atoms with van der Waals surface area (Å²) in [6, 6.07) is 1.75. The lowest BCUT2D eigenvalue weighted by Gasteiger charge is -2.26. The first kappa shape index (κ1) is 12.0. The number of carbonyl (C=O) groups excluding carboxylic acids is 1. The Hall–Kier alpha value is -1.49. The molecular weight excluding hydrogens is 216 g/mol. The molecule has 0 saturated heterocycles. The van der Waals surface area contributed by atoms with Crippen LogP contribution in [0.25, 0.3) is 0 Å². The van der Waals surface area contributed by atoms with Gasteiger partial charge in [0.25, 0.3) is 0 Å². The summed E-state index contributed by atoms with van der Waals surface area (Å²) < 4.78 is 0. The number of carbonyl (C=O) groups is 1. The van der Waals surface area contributed by atoms with Gasteiger partial charge in [0.15, 0.2) is 0 Å². The van der Waals surface area contributed by atoms with Gasteiger partial charge >= 0.3 is 0 Å². The Balaban J connectivity index is 1.85. The minimum absolute atomic E-state index is 0.0912. The van der Waals surface area contributed by atoms with Crippen molar-refractivity contribution in [3.63, 3.8) is 0 Å². The number of rotatable bonds is 3. The maximum Gasteiger partial charge on any atom is 0.227 e. The van der Waals surface area contributed by atoms with E-state index in [1.54, 1.807) is 18.5 Å². The van der Waals surface area contributed by atoms with Crippen LogP contribution in [-0.2, 0) is 4.79 Å². The van der Waals surface area contributed by atoms with Gasteiger partial charge in [-0.25, -0.2) is 0 Å². The SMILES string of the molecule is NC[C@H]1CC[C@H](C(=O)Nc2ccnnc2)CC1. The second-order valence-corrected chi connectivity index (χ2v) is 4.57. The molecule has 1 saturated carbocycles. The summed E-state index contributed by atoms with van der Waals surface area (Å²) in [5, 5.41) is 10.3. The molecule has 1 aliphatic rings. The molecule has 5 nitrogen and oxygen atoms in total. The molecule has 1 amide bonds. The average molecular weight is 234 g/mol. The lowest BCUT2D eigenvalue weighted by Crippen LogP contribution is -2.29. The van der Waals surface area contributed by atoms with Crippen LogP contribution in [0.2, 0.25) is 0 Å². The molecule has 1 aromatic rings. The third-order valence-electron chi connectivity index (χ3n) is 3.40. The molecule has 0 atom stereocenters. The van der Waals surface area contributed by atoms with E-state index in [4.69, 9.17) is 5.73 Å². The van der Waals surface area contributed by atoms with Crippen molar-refractivity contribution < 1.29 is 4.79 Å². The van der Waals surface area contributed by atoms with Crippen LogP contribution in [0.4, 0.5) is 5.69 Å². The normalized spacial score (nSPS) is 24.3. The monoisotopic (exact) mass is 234 g/mol. The Morgan fingerprint density at radius 1 is 1.35 bits per heavy atom. The Kier molecular flexibility index (Phi) is 4.03. The maximum atomic E-state index is 12.0. The first-order chi connectivity index (χ1) is 8.29. The molecule has 2 rings (SSSR count). The van der Waals surface area contributed by atoms with Crippen molar-refractivity contribution in [1.29, 1.82) is 0 Å². The first-order valence-electron chi connectivity index (χ1n) is 6.07. The summed E-state index contributed by atoms with van der Waals surface area (Å²) in [5.74, 6) is 0.807. The zero-order chi connectivity index (χ0) is 12.1. The van der Waals surface area contributed by atoms with Crippen molar-refractivity contribution in [2.24, 2.45) is 17.6 Å². The summed E-state index contributed by atoms with van der Waals surface area (Å²) in [7, 11) is 0. The zero-order valence-corrected chi connectivity index (χ0v) is 9.80. The number of amides is 1. The molecule has 17 heavy (non-hydrogen) atoms. The number of hydrogen-bond acceptors (Lipinski definition) is 4. The number of nitrogens with one attached hydrogen (secondary N) is 1. The number of hydrogen-bond donors (Lipinski definition) is 2. The van der Waals surface area contributed by atoms with Crippen LogP contribution in [0.1, 0.15) is 25.7 Å². The van der Waals surface area contributed by atoms with E-state index < -0.39 is 0 Å². The Bertz CT molecular complexity index is 360. The minimum atomic E-state index is 0.0912. The quantitative estimate of drug-likeness (QED) is 0.823. The van der Waals surface area contributed by atoms with Crippen LogP contribution in [0.5, 0.6) is 0 Å². The molecule has 92 valence electrons. The van der Waals surface area contributed by atoms with Gasteiger partial charge in [-0.15, -0.1) is 0 Å². The van der Waals surface area contributed by atoms with E-state index in [0.717, 1.165) is 32.2 Å². The fourth-order valence-electron chi connectivity index (χ4n) is 2.27. The van der Waals surface area contributed by atoms with E-state index in [2.05, 4.69) is 15.5 Å². The van der Waals surface area contributed by atoms with E-state index in [-0.39, 0.29) is 11.8 Å². The van der Waals surface area contributed by atoms with E-state index in [1.807, 2.05) is 0 Å². The third-order valence-corrected chi connectivity index (χ3v) is 3.40. The fourth-order valence-corrected chi connectivity index (χ4v) is 2.27. The van der Waals surface area contributed by atoms with Crippen LogP contribution in [0, 0.1) is 11.8 Å². The minimum Gasteiger partial charge on any atom is -0.330 e. The largest absolute Gasteiger partial charge is 0.330 e. The second kappa shape index (κ2) is 5.72. The average Bonchev–Trinajstić information content (AvgIpc) is 2.40. The van der Waals surface area contributed by atoms with Crippen LogP contribution in [0.3, 0.4) is 0 Å². The van der Waals surface area contributed by atoms with E-state index >= 15 is 0 Å². The topological polar surface area (TPSA) is 80.9 Å². The van der Waals surface area contributed by atoms with Crippen LogP contribution in [0.15, 0.2) is 18.5 Å². The van der Waals surface area contributed by atoms with Gasteiger partial charge in [0.2, 0.25) is 5.91 Å². The molecule has 0 radical (unpaired) electrons. The van der Waals surface area contributed by atoms with Crippen molar-refractivity contribution in [1.82, 2.24) is 10.2 Å². The summed E-state index contributed by atoms with van der Waals surface area (Å²) in [6.45, 7) is 0.739. The third kappa shape index (κ3) is 3.23. The summed E-state index contributed by atoms with van der Waals surface area (Å²) in [5.41, 5.74) is 6.35. The molecule has 0 spiro atoms. The highest BCUT2D eigenvalue weighted by Gasteiger charge is 2.25. The number of anilines is 1. The van der Waals surface area contributed by atoms with Crippen LogP contribution in [-0.4, -0.2) is 22.6 Å². The molecule has 0 bridgehead atoms. The molecule has 5 heteroatoms. The molecule has 0 unspecified atom stereocenters. The molecule has 1 heterocycles. The predicted octanol–water partition coefficient (Wildman–Crippen LogP) is 1.18. The first-order valence-corrected chi connectivity index (χ1v) is 6.07. The van der Waals surface area contributed by atoms with Gasteiger partial charge in [-0.1, -0.05) is 0 Å². The van der Waals surface area contributed by atoms with Gasteiger partial charge in [-0.05, 0) is 44.2 Å². The number of nitrogens with two attached hydrogens (primary N) is 1. The van der Waals surface area contributed by atoms with Gasteiger partial charge in [0.05, 0.1) is 18.1 Å². The van der Waals surface area contributed by atoms with Crippen molar-refractivity contribution in [3.05, 3.63) is 18.5 Å². The molecule has 1 fully saturated rings. The molecule has 3 N–H and O–H groups in total. The van der Waals surface area contributed by atoms with E-state index in [1.165, 1.54) is 0 Å². The number of nitrogens with zero attached hydrogens (tertiary/aromatic N) is 2. The Morgan fingerprint density at radius 2 is 2.12 bits per heavy atom. The van der Waals surface area contributed by atoms with Crippen molar-refractivity contribution in [2.75, 3.05) is 11.9 Å². The fraction of sp³-hybridized carbons (Fsp3) is 0.583. The highest BCUT2D eigenvalue weighted by atomic mass is 16.1. The highest BCUT2D eigenvalue weighted by molar-refractivity contribution is 5.92. The summed E-state index contributed by atoms with van der Waals surface area (Å²) in [4.78, 5) is 12.0. The van der Waals surface area contributed by atoms with E-state index in [0.29, 0.717) is 11.6 Å². The Labute approximate surface area is 101 Å². The predicted molar refractivity (Wildman–Crippen MR) is 65.2 cm³/mol. The van der Waals surface area contributed by atoms with Crippen molar-refractivity contribution in [3.8, 4) is 0 Å². The van der Waals surface area contributed by atoms with E-state index in [9.17, 15) is 4.79 Å². The Morgan fingerprint density at radius 3 is 2.71 bits per heavy atom. The molecule has 0 aliphatic heterocycles. The van der Waals surface area contributed by atoms with Crippen LogP contribution < -0.4 is 11.1 Å². The van der Waals surface area contributed by atoms with Gasteiger partial charge in [0.1, 0.15) is 0 Å². The molecular formula is C12H18N4O. The lowest BCUT2D eigenvalue weighted by atomic mass is 9.81. The summed E-state index contributed by atoms with van der Waals surface area (Å²) >= 11 is 0. The number of aromatic nitrogens is 2. The van der Waals surface area contributed by atoms with Crippen molar-refractivity contribution in [2.45, 2.75) is 25.7 Å². The standard InChI is InChI=1S/C12H18N4O/c13-7-9-1-3-10(4-2-9)12(17)16-11-5-6-14-15-8-11/h5-6,8-10H,1-4,7,13H2,(H,14,16,17)/t9-,10-. The van der Waals surface area contributed by atoms with Crippen LogP contribution >= 0.6 is 0 Å². The van der Waals surface area contributed by atoms with Gasteiger partial charge in [-0.3, -0.25) is 4.79 Å². The van der Waals surface area contributed by atoms with Gasteiger partial charge in [0, 0.05) is 5.92 Å². The smallest absolute Gasteiger partial charge is 0.227 e. The highest BCUT2D eigenvalue weighted by Crippen LogP contribution is 2.28. The molecule has 1 aromatic heterocycles.